The summed E-state index contributed by atoms with van der Waals surface area (Å²) in [5.74, 6) is -0.670. The number of rotatable bonds is 3. The molecule has 2 N–H and O–H groups in total. The van der Waals surface area contributed by atoms with Gasteiger partial charge in [-0.3, -0.25) is 4.55 Å². The highest BCUT2D eigenvalue weighted by Crippen LogP contribution is 2.19. The fourth-order valence-corrected chi connectivity index (χ4v) is 2.07. The number of aryl methyl sites for hydroxylation is 2. The van der Waals surface area contributed by atoms with Gasteiger partial charge in [-0.15, -0.1) is 0 Å². The van der Waals surface area contributed by atoms with Crippen molar-refractivity contribution in [2.24, 2.45) is 0 Å². The molecule has 0 aliphatic carbocycles. The van der Waals surface area contributed by atoms with Crippen LogP contribution in [0.15, 0.2) is 18.2 Å². The first-order valence-electron chi connectivity index (χ1n) is 4.50. The fraction of sp³-hybridized carbons (Fsp3) is 0.400. The van der Waals surface area contributed by atoms with Gasteiger partial charge < -0.3 is 5.11 Å². The molecule has 4 nitrogen and oxygen atoms in total. The van der Waals surface area contributed by atoms with Crippen molar-refractivity contribution in [3.63, 3.8) is 0 Å². The molecule has 1 atom stereocenters. The first-order valence-corrected chi connectivity index (χ1v) is 6.11. The first-order chi connectivity index (χ1) is 6.79. The maximum absolute atomic E-state index is 10.6. The third kappa shape index (κ3) is 3.62. The summed E-state index contributed by atoms with van der Waals surface area (Å²) in [5.41, 5.74) is 2.37. The molecule has 1 aromatic carbocycles. The van der Waals surface area contributed by atoms with Crippen LogP contribution in [0.25, 0.3) is 0 Å². The third-order valence-electron chi connectivity index (χ3n) is 2.15. The summed E-state index contributed by atoms with van der Waals surface area (Å²) in [4.78, 5) is 0. The number of hydrogen-bond donors (Lipinski definition) is 2. The van der Waals surface area contributed by atoms with E-state index in [2.05, 4.69) is 0 Å². The van der Waals surface area contributed by atoms with E-state index in [1.54, 1.807) is 19.1 Å². The van der Waals surface area contributed by atoms with Gasteiger partial charge >= 0.3 is 0 Å². The van der Waals surface area contributed by atoms with Gasteiger partial charge in [-0.25, -0.2) is 0 Å². The summed E-state index contributed by atoms with van der Waals surface area (Å²) in [5, 5.41) is 9.59. The molecule has 15 heavy (non-hydrogen) atoms. The molecule has 0 fully saturated rings. The van der Waals surface area contributed by atoms with Crippen LogP contribution in [-0.4, -0.2) is 23.8 Å². The van der Waals surface area contributed by atoms with Crippen LogP contribution < -0.4 is 0 Å². The molecular weight excluding hydrogens is 216 g/mol. The highest BCUT2D eigenvalue weighted by atomic mass is 32.2. The highest BCUT2D eigenvalue weighted by molar-refractivity contribution is 7.85. The van der Waals surface area contributed by atoms with E-state index in [1.807, 2.05) is 13.0 Å². The smallest absolute Gasteiger partial charge is 0.267 e. The molecule has 84 valence electrons. The maximum Gasteiger partial charge on any atom is 0.267 e. The molecule has 0 bridgehead atoms. The second kappa shape index (κ2) is 4.30. The molecule has 0 spiro atoms. The van der Waals surface area contributed by atoms with Gasteiger partial charge in [-0.05, 0) is 25.0 Å². The van der Waals surface area contributed by atoms with Gasteiger partial charge in [0.25, 0.3) is 10.1 Å². The van der Waals surface area contributed by atoms with Crippen LogP contribution in [0.3, 0.4) is 0 Å². The Labute approximate surface area is 89.3 Å². The summed E-state index contributed by atoms with van der Waals surface area (Å²) in [7, 11) is -4.15. The number of hydrogen-bond acceptors (Lipinski definition) is 3. The minimum absolute atomic E-state index is 0.526. The zero-order valence-corrected chi connectivity index (χ0v) is 9.45. The van der Waals surface area contributed by atoms with E-state index in [0.717, 1.165) is 11.1 Å². The average Bonchev–Trinajstić information content (AvgIpc) is 1.99. The Kier molecular flexibility index (Phi) is 3.49. The predicted molar refractivity (Wildman–Crippen MR) is 57.3 cm³/mol. The van der Waals surface area contributed by atoms with Gasteiger partial charge in [0.15, 0.2) is 0 Å². The van der Waals surface area contributed by atoms with Crippen molar-refractivity contribution in [3.8, 4) is 0 Å². The third-order valence-corrected chi connectivity index (χ3v) is 2.89. The minimum Gasteiger partial charge on any atom is -0.387 e. The molecule has 1 aromatic rings. The SMILES string of the molecule is Cc1ccc(C(O)CS(=O)(=O)O)c(C)c1. The molecule has 5 heteroatoms. The van der Waals surface area contributed by atoms with Crippen LogP contribution in [0.4, 0.5) is 0 Å². The van der Waals surface area contributed by atoms with Crippen LogP contribution in [0.1, 0.15) is 22.8 Å². The largest absolute Gasteiger partial charge is 0.387 e. The molecule has 0 amide bonds. The van der Waals surface area contributed by atoms with E-state index >= 15 is 0 Å². The summed E-state index contributed by atoms with van der Waals surface area (Å²) in [6, 6.07) is 5.30. The van der Waals surface area contributed by atoms with Crippen molar-refractivity contribution < 1.29 is 18.1 Å². The van der Waals surface area contributed by atoms with Crippen molar-refractivity contribution in [2.45, 2.75) is 20.0 Å². The first kappa shape index (κ1) is 12.2. The Bertz CT molecular complexity index is 450. The maximum atomic E-state index is 10.6. The van der Waals surface area contributed by atoms with E-state index in [9.17, 15) is 13.5 Å². The van der Waals surface area contributed by atoms with Gasteiger partial charge in [0.05, 0.1) is 6.10 Å². The summed E-state index contributed by atoms with van der Waals surface area (Å²) in [6.07, 6.45) is -1.18. The quantitative estimate of drug-likeness (QED) is 0.766. The molecule has 0 aliphatic heterocycles. The van der Waals surface area contributed by atoms with Gasteiger partial charge in [0.1, 0.15) is 5.75 Å². The molecule has 1 unspecified atom stereocenters. The van der Waals surface area contributed by atoms with Crippen molar-refractivity contribution in [1.82, 2.24) is 0 Å². The molecule has 0 saturated heterocycles. The van der Waals surface area contributed by atoms with Crippen molar-refractivity contribution in [1.29, 1.82) is 0 Å². The molecule has 0 saturated carbocycles. The Balaban J connectivity index is 2.97. The standard InChI is InChI=1S/C10H14O4S/c1-7-3-4-9(8(2)5-7)10(11)6-15(12,13)14/h3-5,10-11H,6H2,1-2H3,(H,12,13,14). The fourth-order valence-electron chi connectivity index (χ4n) is 1.49. The van der Waals surface area contributed by atoms with E-state index in [0.29, 0.717) is 5.56 Å². The lowest BCUT2D eigenvalue weighted by atomic mass is 10.0. The Morgan fingerprint density at radius 1 is 1.33 bits per heavy atom. The topological polar surface area (TPSA) is 74.6 Å². The normalized spacial score (nSPS) is 13.9. The summed E-state index contributed by atoms with van der Waals surface area (Å²) >= 11 is 0. The van der Waals surface area contributed by atoms with Crippen LogP contribution in [-0.2, 0) is 10.1 Å². The number of aliphatic hydroxyl groups excluding tert-OH is 1. The Morgan fingerprint density at radius 2 is 1.93 bits per heavy atom. The zero-order chi connectivity index (χ0) is 11.6. The van der Waals surface area contributed by atoms with Gasteiger partial charge in [0, 0.05) is 0 Å². The molecule has 0 heterocycles. The molecule has 0 radical (unpaired) electrons. The van der Waals surface area contributed by atoms with E-state index in [1.165, 1.54) is 0 Å². The van der Waals surface area contributed by atoms with Crippen LogP contribution in [0.2, 0.25) is 0 Å². The Hall–Kier alpha value is -0.910. The van der Waals surface area contributed by atoms with Crippen molar-refractivity contribution in [2.75, 3.05) is 5.75 Å². The van der Waals surface area contributed by atoms with Crippen molar-refractivity contribution >= 4 is 10.1 Å². The predicted octanol–water partition coefficient (Wildman–Crippen LogP) is 1.22. The van der Waals surface area contributed by atoms with E-state index < -0.39 is 22.0 Å². The molecule has 0 aliphatic rings. The number of aliphatic hydroxyl groups is 1. The average molecular weight is 230 g/mol. The summed E-state index contributed by atoms with van der Waals surface area (Å²) in [6.45, 7) is 3.70. The highest BCUT2D eigenvalue weighted by Gasteiger charge is 2.17. The van der Waals surface area contributed by atoms with Gasteiger partial charge in [0.2, 0.25) is 0 Å². The Morgan fingerprint density at radius 3 is 2.40 bits per heavy atom. The lowest BCUT2D eigenvalue weighted by Gasteiger charge is -2.12. The van der Waals surface area contributed by atoms with Crippen LogP contribution >= 0.6 is 0 Å². The second-order valence-corrected chi connectivity index (χ2v) is 5.12. The second-order valence-electron chi connectivity index (χ2n) is 3.62. The molecule has 1 rings (SSSR count). The van der Waals surface area contributed by atoms with Crippen molar-refractivity contribution in [3.05, 3.63) is 34.9 Å². The van der Waals surface area contributed by atoms with Crippen LogP contribution in [0.5, 0.6) is 0 Å². The lowest BCUT2D eigenvalue weighted by Crippen LogP contribution is -2.14. The van der Waals surface area contributed by atoms with Crippen LogP contribution in [0, 0.1) is 13.8 Å². The van der Waals surface area contributed by atoms with E-state index in [4.69, 9.17) is 4.55 Å². The summed E-state index contributed by atoms with van der Waals surface area (Å²) < 4.78 is 29.8. The monoisotopic (exact) mass is 230 g/mol. The van der Waals surface area contributed by atoms with E-state index in [-0.39, 0.29) is 0 Å². The van der Waals surface area contributed by atoms with Gasteiger partial charge in [-0.1, -0.05) is 23.8 Å². The number of benzene rings is 1. The molecule has 0 aromatic heterocycles. The minimum atomic E-state index is -4.15. The van der Waals surface area contributed by atoms with Gasteiger partial charge in [-0.2, -0.15) is 8.42 Å². The zero-order valence-electron chi connectivity index (χ0n) is 8.64. The molecular formula is C10H14O4S. The lowest BCUT2D eigenvalue weighted by molar-refractivity contribution is 0.198.